The van der Waals surface area contributed by atoms with Crippen LogP contribution in [0.25, 0.3) is 0 Å². The Morgan fingerprint density at radius 1 is 1.08 bits per heavy atom. The quantitative estimate of drug-likeness (QED) is 0.899. The van der Waals surface area contributed by atoms with E-state index in [0.717, 1.165) is 62.3 Å². The summed E-state index contributed by atoms with van der Waals surface area (Å²) < 4.78 is 0. The van der Waals surface area contributed by atoms with Gasteiger partial charge in [0.1, 0.15) is 0 Å². The largest absolute Gasteiger partial charge is 0.356 e. The molecule has 1 aromatic rings. The number of benzene rings is 1. The van der Waals surface area contributed by atoms with Gasteiger partial charge in [-0.25, -0.2) is 0 Å². The highest BCUT2D eigenvalue weighted by molar-refractivity contribution is 5.97. The molecule has 0 spiro atoms. The smallest absolute Gasteiger partial charge is 0.254 e. The summed E-state index contributed by atoms with van der Waals surface area (Å²) in [6, 6.07) is 6.47. The van der Waals surface area contributed by atoms with Crippen LogP contribution >= 0.6 is 0 Å². The molecule has 0 radical (unpaired) electrons. The SMILES string of the molecule is Cc1cccc(C)c1C(=O)N1CCN([C@@H]2CCNC(=O)CC2)CC1. The molecule has 0 saturated carbocycles. The molecule has 3 rings (SSSR count). The van der Waals surface area contributed by atoms with Gasteiger partial charge in [0, 0.05) is 50.7 Å². The van der Waals surface area contributed by atoms with Crippen molar-refractivity contribution in [1.82, 2.24) is 15.1 Å². The topological polar surface area (TPSA) is 52.7 Å². The van der Waals surface area contributed by atoms with E-state index >= 15 is 0 Å². The third kappa shape index (κ3) is 3.61. The first-order valence-electron chi connectivity index (χ1n) is 8.92. The summed E-state index contributed by atoms with van der Waals surface area (Å²) in [7, 11) is 0. The lowest BCUT2D eigenvalue weighted by Gasteiger charge is -2.39. The fourth-order valence-electron chi connectivity index (χ4n) is 3.87. The molecule has 2 saturated heterocycles. The van der Waals surface area contributed by atoms with Gasteiger partial charge in [0.05, 0.1) is 0 Å². The average molecular weight is 329 g/mol. The summed E-state index contributed by atoms with van der Waals surface area (Å²) in [6.45, 7) is 8.11. The van der Waals surface area contributed by atoms with Gasteiger partial charge in [-0.2, -0.15) is 0 Å². The second kappa shape index (κ2) is 7.34. The van der Waals surface area contributed by atoms with Crippen molar-refractivity contribution in [3.8, 4) is 0 Å². The highest BCUT2D eigenvalue weighted by Crippen LogP contribution is 2.20. The van der Waals surface area contributed by atoms with Gasteiger partial charge >= 0.3 is 0 Å². The molecule has 0 aliphatic carbocycles. The summed E-state index contributed by atoms with van der Waals surface area (Å²) in [4.78, 5) is 28.8. The second-order valence-electron chi connectivity index (χ2n) is 6.93. The molecule has 5 nitrogen and oxygen atoms in total. The van der Waals surface area contributed by atoms with E-state index in [1.54, 1.807) is 0 Å². The first kappa shape index (κ1) is 17.0. The fourth-order valence-corrected chi connectivity index (χ4v) is 3.87. The van der Waals surface area contributed by atoms with Crippen LogP contribution in [0.15, 0.2) is 18.2 Å². The Hall–Kier alpha value is -1.88. The van der Waals surface area contributed by atoms with Crippen molar-refractivity contribution in [2.24, 2.45) is 0 Å². The maximum Gasteiger partial charge on any atom is 0.254 e. The van der Waals surface area contributed by atoms with Gasteiger partial charge in [-0.1, -0.05) is 18.2 Å². The Labute approximate surface area is 144 Å². The number of hydrogen-bond donors (Lipinski definition) is 1. The van der Waals surface area contributed by atoms with Gasteiger partial charge in [-0.3, -0.25) is 14.5 Å². The van der Waals surface area contributed by atoms with Gasteiger partial charge in [0.2, 0.25) is 5.91 Å². The highest BCUT2D eigenvalue weighted by atomic mass is 16.2. The van der Waals surface area contributed by atoms with Crippen molar-refractivity contribution in [1.29, 1.82) is 0 Å². The molecular weight excluding hydrogens is 302 g/mol. The molecule has 1 atom stereocenters. The number of rotatable bonds is 2. The van der Waals surface area contributed by atoms with Crippen LogP contribution < -0.4 is 5.32 Å². The number of carbonyl (C=O) groups excluding carboxylic acids is 2. The van der Waals surface area contributed by atoms with Crippen LogP contribution in [0.5, 0.6) is 0 Å². The molecule has 0 aromatic heterocycles. The summed E-state index contributed by atoms with van der Waals surface area (Å²) in [5, 5.41) is 2.94. The van der Waals surface area contributed by atoms with Crippen LogP contribution in [0, 0.1) is 13.8 Å². The zero-order chi connectivity index (χ0) is 17.1. The van der Waals surface area contributed by atoms with E-state index in [9.17, 15) is 9.59 Å². The van der Waals surface area contributed by atoms with Crippen molar-refractivity contribution in [2.45, 2.75) is 39.2 Å². The average Bonchev–Trinajstić information content (AvgIpc) is 2.79. The minimum absolute atomic E-state index is 0.156. The van der Waals surface area contributed by atoms with Crippen LogP contribution in [0.4, 0.5) is 0 Å². The lowest BCUT2D eigenvalue weighted by Crippen LogP contribution is -2.52. The van der Waals surface area contributed by atoms with Gasteiger partial charge in [0.25, 0.3) is 5.91 Å². The van der Waals surface area contributed by atoms with Gasteiger partial charge in [-0.05, 0) is 37.8 Å². The van der Waals surface area contributed by atoms with Crippen molar-refractivity contribution in [3.63, 3.8) is 0 Å². The molecule has 1 aromatic carbocycles. The lowest BCUT2D eigenvalue weighted by atomic mass is 10.0. The van der Waals surface area contributed by atoms with Crippen molar-refractivity contribution in [3.05, 3.63) is 34.9 Å². The zero-order valence-corrected chi connectivity index (χ0v) is 14.7. The third-order valence-corrected chi connectivity index (χ3v) is 5.32. The zero-order valence-electron chi connectivity index (χ0n) is 14.7. The number of nitrogens with one attached hydrogen (secondary N) is 1. The Balaban J connectivity index is 1.60. The summed E-state index contributed by atoms with van der Waals surface area (Å²) >= 11 is 0. The number of piperazine rings is 1. The molecule has 2 heterocycles. The monoisotopic (exact) mass is 329 g/mol. The first-order chi connectivity index (χ1) is 11.6. The maximum atomic E-state index is 12.9. The first-order valence-corrected chi connectivity index (χ1v) is 8.92. The molecule has 2 aliphatic heterocycles. The number of aryl methyl sites for hydroxylation is 2. The Morgan fingerprint density at radius 3 is 2.42 bits per heavy atom. The highest BCUT2D eigenvalue weighted by Gasteiger charge is 2.28. The van der Waals surface area contributed by atoms with E-state index in [0.29, 0.717) is 12.5 Å². The molecule has 0 unspecified atom stereocenters. The molecular formula is C19H27N3O2. The van der Waals surface area contributed by atoms with Crippen LogP contribution in [0.3, 0.4) is 0 Å². The molecule has 2 fully saturated rings. The van der Waals surface area contributed by atoms with Gasteiger partial charge < -0.3 is 10.2 Å². The summed E-state index contributed by atoms with van der Waals surface area (Å²) in [5.74, 6) is 0.323. The van der Waals surface area contributed by atoms with E-state index in [1.165, 1.54) is 0 Å². The van der Waals surface area contributed by atoms with E-state index in [-0.39, 0.29) is 11.8 Å². The molecule has 24 heavy (non-hydrogen) atoms. The minimum atomic E-state index is 0.156. The summed E-state index contributed by atoms with van der Waals surface area (Å²) in [6.07, 6.45) is 2.56. The Morgan fingerprint density at radius 2 is 1.75 bits per heavy atom. The Kier molecular flexibility index (Phi) is 5.19. The Bertz CT molecular complexity index is 601. The molecule has 1 N–H and O–H groups in total. The molecule has 130 valence electrons. The third-order valence-electron chi connectivity index (χ3n) is 5.32. The lowest BCUT2D eigenvalue weighted by molar-refractivity contribution is -0.120. The summed E-state index contributed by atoms with van der Waals surface area (Å²) in [5.41, 5.74) is 2.96. The molecule has 0 bridgehead atoms. The molecule has 2 aliphatic rings. The van der Waals surface area contributed by atoms with E-state index in [2.05, 4.69) is 10.2 Å². The van der Waals surface area contributed by atoms with Gasteiger partial charge in [0.15, 0.2) is 0 Å². The van der Waals surface area contributed by atoms with Crippen molar-refractivity contribution < 1.29 is 9.59 Å². The predicted molar refractivity (Wildman–Crippen MR) is 94.0 cm³/mol. The van der Waals surface area contributed by atoms with E-state index in [1.807, 2.05) is 36.9 Å². The van der Waals surface area contributed by atoms with Crippen LogP contribution in [-0.2, 0) is 4.79 Å². The molecule has 2 amide bonds. The number of carbonyl (C=O) groups is 2. The van der Waals surface area contributed by atoms with Crippen molar-refractivity contribution in [2.75, 3.05) is 32.7 Å². The van der Waals surface area contributed by atoms with Gasteiger partial charge in [-0.15, -0.1) is 0 Å². The standard InChI is InChI=1S/C19H27N3O2/c1-14-4-3-5-15(2)18(14)19(24)22-12-10-21(11-13-22)16-6-7-17(23)20-9-8-16/h3-5,16H,6-13H2,1-2H3,(H,20,23)/t16-/m0/s1. The van der Waals surface area contributed by atoms with Crippen LogP contribution in [0.1, 0.15) is 40.7 Å². The van der Waals surface area contributed by atoms with Crippen LogP contribution in [0.2, 0.25) is 0 Å². The minimum Gasteiger partial charge on any atom is -0.356 e. The van der Waals surface area contributed by atoms with E-state index in [4.69, 9.17) is 0 Å². The van der Waals surface area contributed by atoms with Crippen LogP contribution in [-0.4, -0.2) is 60.4 Å². The predicted octanol–water partition coefficient (Wildman–Crippen LogP) is 1.73. The number of hydrogen-bond acceptors (Lipinski definition) is 3. The maximum absolute atomic E-state index is 12.9. The fraction of sp³-hybridized carbons (Fsp3) is 0.579. The number of nitrogens with zero attached hydrogens (tertiary/aromatic N) is 2. The normalized spacial score (nSPS) is 22.8. The number of amides is 2. The molecule has 5 heteroatoms. The second-order valence-corrected chi connectivity index (χ2v) is 6.93. The van der Waals surface area contributed by atoms with Crippen molar-refractivity contribution >= 4 is 11.8 Å². The van der Waals surface area contributed by atoms with E-state index < -0.39 is 0 Å².